The largest absolute Gasteiger partial charge is 0.275 e. The maximum Gasteiger partial charge on any atom is 0.269 e. The lowest BCUT2D eigenvalue weighted by Crippen LogP contribution is -2.31. The fourth-order valence-electron chi connectivity index (χ4n) is 4.18. The van der Waals surface area contributed by atoms with Gasteiger partial charge in [-0.15, -0.1) is 0 Å². The first kappa shape index (κ1) is 21.6. The van der Waals surface area contributed by atoms with E-state index in [2.05, 4.69) is 0 Å². The Labute approximate surface area is 191 Å². The van der Waals surface area contributed by atoms with E-state index in [1.54, 1.807) is 48.5 Å². The molecule has 0 saturated carbocycles. The molecule has 5 rings (SSSR count). The Morgan fingerprint density at radius 2 is 1.27 bits per heavy atom. The number of fused-ring (bicyclic) bond motifs is 1. The predicted molar refractivity (Wildman–Crippen MR) is 125 cm³/mol. The van der Waals surface area contributed by atoms with Gasteiger partial charge in [-0.1, -0.05) is 36.4 Å². The highest BCUT2D eigenvalue weighted by Crippen LogP contribution is 2.31. The summed E-state index contributed by atoms with van der Waals surface area (Å²) in [6.45, 7) is 0.640. The van der Waals surface area contributed by atoms with Gasteiger partial charge in [0.1, 0.15) is 0 Å². The molecule has 2 aromatic carbocycles. The van der Waals surface area contributed by atoms with Crippen molar-refractivity contribution < 1.29 is 16.8 Å². The van der Waals surface area contributed by atoms with Gasteiger partial charge < -0.3 is 0 Å². The molecule has 1 aliphatic rings. The predicted octanol–water partition coefficient (Wildman–Crippen LogP) is 2.81. The van der Waals surface area contributed by atoms with E-state index in [1.165, 1.54) is 39.2 Å². The van der Waals surface area contributed by atoms with Crippen molar-refractivity contribution in [3.63, 3.8) is 0 Å². The Kier molecular flexibility index (Phi) is 5.23. The van der Waals surface area contributed by atoms with Gasteiger partial charge in [0.15, 0.2) is 5.03 Å². The highest BCUT2D eigenvalue weighted by molar-refractivity contribution is 7.92. The van der Waals surface area contributed by atoms with Crippen LogP contribution in [0.1, 0.15) is 12.8 Å². The lowest BCUT2D eigenvalue weighted by Gasteiger charge is -2.18. The fraction of sp³-hybridized carbons (Fsp3) is 0.174. The fourth-order valence-corrected chi connectivity index (χ4v) is 7.74. The van der Waals surface area contributed by atoms with Gasteiger partial charge in [-0.3, -0.25) is 9.36 Å². The smallest absolute Gasteiger partial charge is 0.269 e. The molecule has 0 spiro atoms. The number of nitrogens with zero attached hydrogens (tertiary/aromatic N) is 3. The first-order valence-corrected chi connectivity index (χ1v) is 13.3. The molecule has 0 bridgehead atoms. The van der Waals surface area contributed by atoms with E-state index < -0.39 is 25.6 Å². The second kappa shape index (κ2) is 7.98. The number of benzene rings is 2. The lowest BCUT2D eigenvalue weighted by molar-refractivity contribution is 0.473. The third-order valence-corrected chi connectivity index (χ3v) is 9.48. The number of aromatic nitrogens is 2. The third-order valence-electron chi connectivity index (χ3n) is 5.75. The van der Waals surface area contributed by atoms with Crippen LogP contribution in [0, 0.1) is 0 Å². The Bertz CT molecular complexity index is 1600. The Balaban J connectivity index is 1.89. The minimum absolute atomic E-state index is 0.0437. The molecule has 3 heterocycles. The second-order valence-corrected chi connectivity index (χ2v) is 11.5. The van der Waals surface area contributed by atoms with Crippen LogP contribution in [0.5, 0.6) is 0 Å². The monoisotopic (exact) mass is 483 g/mol. The zero-order chi connectivity index (χ0) is 23.2. The van der Waals surface area contributed by atoms with Gasteiger partial charge in [-0.2, -0.15) is 4.31 Å². The van der Waals surface area contributed by atoms with Crippen LogP contribution in [0.15, 0.2) is 93.6 Å². The SMILES string of the molecule is O=c1ccc2c(cc(S(=O)(=O)N3CCCC3)n2S(=O)(=O)c2ccccc2)n1-c1ccccc1. The summed E-state index contributed by atoms with van der Waals surface area (Å²) in [5.41, 5.74) is 0.423. The normalized spacial score (nSPS) is 15.3. The molecule has 0 aliphatic carbocycles. The topological polar surface area (TPSA) is 98.5 Å². The average Bonchev–Trinajstić information content (AvgIpc) is 3.49. The third kappa shape index (κ3) is 3.50. The van der Waals surface area contributed by atoms with E-state index in [1.807, 2.05) is 0 Å². The summed E-state index contributed by atoms with van der Waals surface area (Å²) in [6.07, 6.45) is 1.42. The molecule has 0 radical (unpaired) electrons. The Morgan fingerprint density at radius 1 is 0.667 bits per heavy atom. The molecule has 8 nitrogen and oxygen atoms in total. The summed E-state index contributed by atoms with van der Waals surface area (Å²) in [6, 6.07) is 20.3. The Morgan fingerprint density at radius 3 is 1.91 bits per heavy atom. The molecule has 33 heavy (non-hydrogen) atoms. The second-order valence-electron chi connectivity index (χ2n) is 7.79. The molecule has 1 saturated heterocycles. The Hall–Kier alpha value is -3.21. The van der Waals surface area contributed by atoms with Crippen molar-refractivity contribution in [3.8, 4) is 5.69 Å². The van der Waals surface area contributed by atoms with Crippen molar-refractivity contribution in [2.24, 2.45) is 0 Å². The van der Waals surface area contributed by atoms with Gasteiger partial charge >= 0.3 is 0 Å². The summed E-state index contributed by atoms with van der Waals surface area (Å²) in [4.78, 5) is 12.8. The van der Waals surface area contributed by atoms with Crippen LogP contribution in [0.3, 0.4) is 0 Å². The van der Waals surface area contributed by atoms with Crippen molar-refractivity contribution in [2.45, 2.75) is 22.8 Å². The number of pyridine rings is 1. The molecular formula is C23H21N3O5S2. The van der Waals surface area contributed by atoms with E-state index in [0.717, 1.165) is 3.97 Å². The van der Waals surface area contributed by atoms with Crippen LogP contribution in [-0.4, -0.2) is 42.8 Å². The molecular weight excluding hydrogens is 462 g/mol. The van der Waals surface area contributed by atoms with E-state index in [4.69, 9.17) is 0 Å². The lowest BCUT2D eigenvalue weighted by atomic mass is 10.3. The molecule has 4 aromatic rings. The van der Waals surface area contributed by atoms with Gasteiger partial charge in [-0.25, -0.2) is 20.8 Å². The zero-order valence-corrected chi connectivity index (χ0v) is 19.2. The van der Waals surface area contributed by atoms with E-state index in [0.29, 0.717) is 31.6 Å². The summed E-state index contributed by atoms with van der Waals surface area (Å²) in [7, 11) is -8.41. The number of hydrogen-bond acceptors (Lipinski definition) is 5. The molecule has 10 heteroatoms. The van der Waals surface area contributed by atoms with Crippen LogP contribution >= 0.6 is 0 Å². The van der Waals surface area contributed by atoms with Gasteiger partial charge in [0.2, 0.25) is 0 Å². The van der Waals surface area contributed by atoms with Crippen molar-refractivity contribution in [1.82, 2.24) is 12.8 Å². The molecule has 0 N–H and O–H groups in total. The summed E-state index contributed by atoms with van der Waals surface area (Å²) >= 11 is 0. The van der Waals surface area contributed by atoms with Gasteiger partial charge in [-0.05, 0) is 43.2 Å². The molecule has 0 unspecified atom stereocenters. The first-order chi connectivity index (χ1) is 15.8. The number of rotatable bonds is 5. The maximum absolute atomic E-state index is 13.7. The standard InChI is InChI=1S/C23H21N3O5S2/c27-22-14-13-20-21(25(22)18-9-3-1-4-10-18)17-23(33(30,31)24-15-7-8-16-24)26(20)32(28,29)19-11-5-2-6-12-19/h1-6,9-14,17H,7-8,15-16H2. The van der Waals surface area contributed by atoms with Crippen LogP contribution in [-0.2, 0) is 20.0 Å². The number of para-hydroxylation sites is 1. The molecule has 1 fully saturated rings. The maximum atomic E-state index is 13.7. The summed E-state index contributed by atoms with van der Waals surface area (Å²) in [5.74, 6) is 0. The van der Waals surface area contributed by atoms with Gasteiger partial charge in [0, 0.05) is 30.9 Å². The van der Waals surface area contributed by atoms with Crippen molar-refractivity contribution in [3.05, 3.63) is 89.2 Å². The van der Waals surface area contributed by atoms with Crippen molar-refractivity contribution in [2.75, 3.05) is 13.1 Å². The van der Waals surface area contributed by atoms with E-state index in [-0.39, 0.29) is 21.0 Å². The molecule has 0 amide bonds. The van der Waals surface area contributed by atoms with Gasteiger partial charge in [0.05, 0.1) is 15.9 Å². The van der Waals surface area contributed by atoms with Gasteiger partial charge in [0.25, 0.3) is 25.6 Å². The van der Waals surface area contributed by atoms with E-state index >= 15 is 0 Å². The molecule has 0 atom stereocenters. The molecule has 1 aliphatic heterocycles. The van der Waals surface area contributed by atoms with Crippen LogP contribution < -0.4 is 5.56 Å². The van der Waals surface area contributed by atoms with Crippen LogP contribution in [0.2, 0.25) is 0 Å². The van der Waals surface area contributed by atoms with Crippen LogP contribution in [0.4, 0.5) is 0 Å². The minimum Gasteiger partial charge on any atom is -0.275 e. The quantitative estimate of drug-likeness (QED) is 0.435. The van der Waals surface area contributed by atoms with Crippen LogP contribution in [0.25, 0.3) is 16.7 Å². The first-order valence-electron chi connectivity index (χ1n) is 10.5. The number of hydrogen-bond donors (Lipinski definition) is 0. The molecule has 2 aromatic heterocycles. The van der Waals surface area contributed by atoms with Crippen molar-refractivity contribution in [1.29, 1.82) is 0 Å². The average molecular weight is 484 g/mol. The number of sulfonamides is 1. The highest BCUT2D eigenvalue weighted by Gasteiger charge is 2.35. The summed E-state index contributed by atoms with van der Waals surface area (Å²) in [5, 5.41) is -0.376. The minimum atomic E-state index is -4.28. The highest BCUT2D eigenvalue weighted by atomic mass is 32.2. The van der Waals surface area contributed by atoms with E-state index in [9.17, 15) is 21.6 Å². The zero-order valence-electron chi connectivity index (χ0n) is 17.5. The summed E-state index contributed by atoms with van der Waals surface area (Å²) < 4.78 is 58.1. The van der Waals surface area contributed by atoms with Crippen molar-refractivity contribution >= 4 is 31.1 Å². The molecule has 170 valence electrons.